The lowest BCUT2D eigenvalue weighted by Crippen LogP contribution is -2.32. The van der Waals surface area contributed by atoms with Gasteiger partial charge in [0.2, 0.25) is 0 Å². The second-order valence-electron chi connectivity index (χ2n) is 5.38. The van der Waals surface area contributed by atoms with Crippen LogP contribution in [0.15, 0.2) is 48.5 Å². The van der Waals surface area contributed by atoms with Crippen molar-refractivity contribution in [3.05, 3.63) is 59.9 Å². The van der Waals surface area contributed by atoms with Gasteiger partial charge in [-0.05, 0) is 55.3 Å². The van der Waals surface area contributed by atoms with E-state index < -0.39 is 0 Å². The number of urea groups is 1. The van der Waals surface area contributed by atoms with Crippen molar-refractivity contribution in [2.75, 3.05) is 25.5 Å². The Balaban J connectivity index is 1.70. The van der Waals surface area contributed by atoms with Gasteiger partial charge >= 0.3 is 6.03 Å². The van der Waals surface area contributed by atoms with Crippen LogP contribution in [-0.2, 0) is 0 Å². The first kappa shape index (κ1) is 16.8. The van der Waals surface area contributed by atoms with Crippen LogP contribution in [0.3, 0.4) is 0 Å². The molecule has 122 valence electrons. The van der Waals surface area contributed by atoms with Gasteiger partial charge in [0.1, 0.15) is 11.6 Å². The highest BCUT2D eigenvalue weighted by molar-refractivity contribution is 5.89. The molecule has 0 radical (unpaired) electrons. The topological polar surface area (TPSA) is 41.6 Å². The maximum absolute atomic E-state index is 12.8. The van der Waals surface area contributed by atoms with Crippen molar-refractivity contribution in [1.82, 2.24) is 4.90 Å². The van der Waals surface area contributed by atoms with Gasteiger partial charge in [0.25, 0.3) is 0 Å². The van der Waals surface area contributed by atoms with Crippen LogP contribution in [0.1, 0.15) is 12.0 Å². The molecular formula is C18H21FN2O2. The predicted octanol–water partition coefficient (Wildman–Crippen LogP) is 4.07. The zero-order valence-corrected chi connectivity index (χ0v) is 13.4. The van der Waals surface area contributed by atoms with E-state index in [9.17, 15) is 9.18 Å². The zero-order valence-electron chi connectivity index (χ0n) is 13.4. The van der Waals surface area contributed by atoms with Crippen molar-refractivity contribution in [1.29, 1.82) is 0 Å². The van der Waals surface area contributed by atoms with Gasteiger partial charge < -0.3 is 15.0 Å². The first-order valence-corrected chi connectivity index (χ1v) is 7.52. The van der Waals surface area contributed by atoms with E-state index in [1.54, 1.807) is 24.1 Å². The number of halogens is 1. The van der Waals surface area contributed by atoms with Crippen LogP contribution in [0, 0.1) is 12.7 Å². The Morgan fingerprint density at radius 2 is 1.96 bits per heavy atom. The highest BCUT2D eigenvalue weighted by atomic mass is 19.1. The molecule has 2 aromatic rings. The van der Waals surface area contributed by atoms with Gasteiger partial charge in [0.05, 0.1) is 6.61 Å². The quantitative estimate of drug-likeness (QED) is 0.816. The summed E-state index contributed by atoms with van der Waals surface area (Å²) in [5, 5.41) is 2.85. The summed E-state index contributed by atoms with van der Waals surface area (Å²) < 4.78 is 18.3. The molecule has 23 heavy (non-hydrogen) atoms. The molecule has 0 heterocycles. The zero-order chi connectivity index (χ0) is 16.7. The fourth-order valence-electron chi connectivity index (χ4n) is 2.07. The van der Waals surface area contributed by atoms with Crippen LogP contribution in [0.4, 0.5) is 14.9 Å². The Morgan fingerprint density at radius 3 is 2.65 bits per heavy atom. The van der Waals surface area contributed by atoms with E-state index in [0.29, 0.717) is 25.3 Å². The van der Waals surface area contributed by atoms with Crippen LogP contribution < -0.4 is 10.1 Å². The molecular weight excluding hydrogens is 295 g/mol. The molecule has 2 rings (SSSR count). The molecule has 1 N–H and O–H groups in total. The molecule has 0 aliphatic rings. The van der Waals surface area contributed by atoms with Gasteiger partial charge in [-0.1, -0.05) is 12.1 Å². The van der Waals surface area contributed by atoms with E-state index in [2.05, 4.69) is 5.32 Å². The van der Waals surface area contributed by atoms with Crippen molar-refractivity contribution in [3.8, 4) is 5.75 Å². The largest absolute Gasteiger partial charge is 0.494 e. The Morgan fingerprint density at radius 1 is 1.22 bits per heavy atom. The first-order valence-electron chi connectivity index (χ1n) is 7.52. The molecule has 0 bridgehead atoms. The third kappa shape index (κ3) is 5.62. The predicted molar refractivity (Wildman–Crippen MR) is 89.3 cm³/mol. The fraction of sp³-hybridized carbons (Fsp3) is 0.278. The number of hydrogen-bond donors (Lipinski definition) is 1. The number of hydrogen-bond acceptors (Lipinski definition) is 2. The smallest absolute Gasteiger partial charge is 0.321 e. The second-order valence-corrected chi connectivity index (χ2v) is 5.38. The van der Waals surface area contributed by atoms with E-state index in [1.807, 2.05) is 31.2 Å². The monoisotopic (exact) mass is 316 g/mol. The van der Waals surface area contributed by atoms with Crippen LogP contribution >= 0.6 is 0 Å². The van der Waals surface area contributed by atoms with E-state index >= 15 is 0 Å². The molecule has 4 nitrogen and oxygen atoms in total. The van der Waals surface area contributed by atoms with Crippen molar-refractivity contribution >= 4 is 11.7 Å². The molecule has 2 amide bonds. The summed E-state index contributed by atoms with van der Waals surface area (Å²) in [4.78, 5) is 13.7. The minimum Gasteiger partial charge on any atom is -0.494 e. The van der Waals surface area contributed by atoms with Gasteiger partial charge in [0, 0.05) is 19.3 Å². The number of carbonyl (C=O) groups excluding carboxylic acids is 1. The highest BCUT2D eigenvalue weighted by Crippen LogP contribution is 2.12. The SMILES string of the molecule is Cc1cccc(NC(=O)N(C)CCCOc2ccc(F)cc2)c1. The Hall–Kier alpha value is -2.56. The average molecular weight is 316 g/mol. The lowest BCUT2D eigenvalue weighted by atomic mass is 10.2. The Labute approximate surface area is 135 Å². The molecule has 2 aromatic carbocycles. The van der Waals surface area contributed by atoms with Gasteiger partial charge in [-0.3, -0.25) is 0 Å². The third-order valence-corrected chi connectivity index (χ3v) is 3.34. The summed E-state index contributed by atoms with van der Waals surface area (Å²) in [7, 11) is 1.74. The molecule has 0 aliphatic carbocycles. The molecule has 0 spiro atoms. The summed E-state index contributed by atoms with van der Waals surface area (Å²) in [6.45, 7) is 3.01. The van der Waals surface area contributed by atoms with Crippen molar-refractivity contribution in [3.63, 3.8) is 0 Å². The molecule has 0 saturated heterocycles. The molecule has 5 heteroatoms. The van der Waals surface area contributed by atoms with E-state index in [-0.39, 0.29) is 11.8 Å². The minimum atomic E-state index is -0.287. The molecule has 0 aromatic heterocycles. The minimum absolute atomic E-state index is 0.155. The summed E-state index contributed by atoms with van der Waals surface area (Å²) in [6, 6.07) is 13.4. The van der Waals surface area contributed by atoms with E-state index in [1.165, 1.54) is 12.1 Å². The lowest BCUT2D eigenvalue weighted by molar-refractivity contribution is 0.216. The number of rotatable bonds is 6. The summed E-state index contributed by atoms with van der Waals surface area (Å²) >= 11 is 0. The standard InChI is InChI=1S/C18H21FN2O2/c1-14-5-3-6-16(13-14)20-18(22)21(2)11-4-12-23-17-9-7-15(19)8-10-17/h3,5-10,13H,4,11-12H2,1-2H3,(H,20,22). The van der Waals surface area contributed by atoms with Gasteiger partial charge in [-0.15, -0.1) is 0 Å². The van der Waals surface area contributed by atoms with Crippen LogP contribution in [0.5, 0.6) is 5.75 Å². The maximum Gasteiger partial charge on any atom is 0.321 e. The number of nitrogens with zero attached hydrogens (tertiary/aromatic N) is 1. The fourth-order valence-corrected chi connectivity index (χ4v) is 2.07. The summed E-state index contributed by atoms with van der Waals surface area (Å²) in [5.74, 6) is 0.336. The Kier molecular flexibility index (Phi) is 5.97. The third-order valence-electron chi connectivity index (χ3n) is 3.34. The normalized spacial score (nSPS) is 10.2. The van der Waals surface area contributed by atoms with Crippen LogP contribution in [0.2, 0.25) is 0 Å². The van der Waals surface area contributed by atoms with Gasteiger partial charge in [-0.2, -0.15) is 0 Å². The molecule has 0 aliphatic heterocycles. The number of benzene rings is 2. The number of ether oxygens (including phenoxy) is 1. The second kappa shape index (κ2) is 8.17. The molecule has 0 saturated carbocycles. The van der Waals surface area contributed by atoms with Gasteiger partial charge in [-0.25, -0.2) is 9.18 Å². The molecule has 0 unspecified atom stereocenters. The molecule has 0 fully saturated rings. The summed E-state index contributed by atoms with van der Waals surface area (Å²) in [6.07, 6.45) is 0.690. The Bertz CT molecular complexity index is 644. The molecule has 0 atom stereocenters. The number of amides is 2. The maximum atomic E-state index is 12.8. The summed E-state index contributed by atoms with van der Waals surface area (Å²) in [5.41, 5.74) is 1.88. The number of carbonyl (C=O) groups is 1. The van der Waals surface area contributed by atoms with E-state index in [4.69, 9.17) is 4.74 Å². The number of aryl methyl sites for hydroxylation is 1. The number of anilines is 1. The van der Waals surface area contributed by atoms with Crippen molar-refractivity contribution in [2.24, 2.45) is 0 Å². The average Bonchev–Trinajstić information content (AvgIpc) is 2.53. The van der Waals surface area contributed by atoms with Crippen molar-refractivity contribution in [2.45, 2.75) is 13.3 Å². The van der Waals surface area contributed by atoms with E-state index in [0.717, 1.165) is 11.3 Å². The highest BCUT2D eigenvalue weighted by Gasteiger charge is 2.08. The van der Waals surface area contributed by atoms with Crippen LogP contribution in [-0.4, -0.2) is 31.1 Å². The van der Waals surface area contributed by atoms with Crippen molar-refractivity contribution < 1.29 is 13.9 Å². The van der Waals surface area contributed by atoms with Crippen LogP contribution in [0.25, 0.3) is 0 Å². The lowest BCUT2D eigenvalue weighted by Gasteiger charge is -2.18. The van der Waals surface area contributed by atoms with Gasteiger partial charge in [0.15, 0.2) is 0 Å². The first-order chi connectivity index (χ1) is 11.0. The number of nitrogens with one attached hydrogen (secondary N) is 1.